The Morgan fingerprint density at radius 3 is 1.11 bits per heavy atom. The van der Waals surface area contributed by atoms with E-state index in [0.717, 1.165) is 0 Å². The molecule has 0 saturated carbocycles. The van der Waals surface area contributed by atoms with Crippen LogP contribution in [0.2, 0.25) is 0 Å². The first kappa shape index (κ1) is 20.7. The first-order valence-electron chi connectivity index (χ1n) is 13.0. The van der Waals surface area contributed by atoms with Gasteiger partial charge in [0.15, 0.2) is 8.07 Å². The van der Waals surface area contributed by atoms with E-state index in [9.17, 15) is 0 Å². The Kier molecular flexibility index (Phi) is 4.35. The molecule has 0 amide bonds. The molecule has 2 aliphatic heterocycles. The molecule has 0 radical (unpaired) electrons. The van der Waals surface area contributed by atoms with Gasteiger partial charge in [0.25, 0.3) is 0 Å². The van der Waals surface area contributed by atoms with Crippen LogP contribution in [0.1, 0.15) is 0 Å². The van der Waals surface area contributed by atoms with Crippen molar-refractivity contribution in [3.05, 3.63) is 146 Å². The molecule has 172 valence electrons. The standard InChI is InChI=1S/C36H24Si/c1-3-11-25(12-4-1)27-19-21-31-29-15-7-9-17-33(29)37(35(31)23-27)34-18-10-8-16-30(34)32-22-20-28(24-36(32)37)26-13-5-2-6-14-26/h1-24H. The second-order valence-corrected chi connectivity index (χ2v) is 13.7. The second kappa shape index (κ2) is 7.77. The molecule has 8 rings (SSSR count). The Hall–Kier alpha value is -4.46. The predicted octanol–water partition coefficient (Wildman–Crippen LogP) is 6.36. The van der Waals surface area contributed by atoms with Crippen LogP contribution in [0, 0.1) is 0 Å². The Bertz CT molecular complexity index is 1680. The van der Waals surface area contributed by atoms with Crippen molar-refractivity contribution in [2.75, 3.05) is 0 Å². The fourth-order valence-corrected chi connectivity index (χ4v) is 12.4. The van der Waals surface area contributed by atoms with Crippen molar-refractivity contribution >= 4 is 28.8 Å². The van der Waals surface area contributed by atoms with Crippen LogP contribution in [0.3, 0.4) is 0 Å². The van der Waals surface area contributed by atoms with E-state index in [2.05, 4.69) is 146 Å². The molecule has 1 spiro atoms. The van der Waals surface area contributed by atoms with Gasteiger partial charge in [0.1, 0.15) is 0 Å². The summed E-state index contributed by atoms with van der Waals surface area (Å²) in [7, 11) is -2.48. The van der Waals surface area contributed by atoms with Crippen LogP contribution < -0.4 is 20.7 Å². The zero-order valence-corrected chi connectivity index (χ0v) is 21.4. The van der Waals surface area contributed by atoms with Gasteiger partial charge in [-0.05, 0) is 65.3 Å². The molecule has 1 heteroatoms. The topological polar surface area (TPSA) is 0 Å². The molecular formula is C36H24Si. The number of hydrogen-bond donors (Lipinski definition) is 0. The van der Waals surface area contributed by atoms with E-state index >= 15 is 0 Å². The Labute approximate surface area is 218 Å². The number of benzene rings is 6. The summed E-state index contributed by atoms with van der Waals surface area (Å²) >= 11 is 0. The van der Waals surface area contributed by atoms with Gasteiger partial charge >= 0.3 is 0 Å². The van der Waals surface area contributed by atoms with E-state index in [1.807, 2.05) is 0 Å². The van der Waals surface area contributed by atoms with Crippen LogP contribution in [-0.2, 0) is 0 Å². The minimum absolute atomic E-state index is 1.27. The van der Waals surface area contributed by atoms with Crippen molar-refractivity contribution < 1.29 is 0 Å². The van der Waals surface area contributed by atoms with Crippen LogP contribution in [-0.4, -0.2) is 8.07 Å². The summed E-state index contributed by atoms with van der Waals surface area (Å²) in [5.74, 6) is 0. The lowest BCUT2D eigenvalue weighted by atomic mass is 10.0. The maximum absolute atomic E-state index is 2.51. The smallest absolute Gasteiger partial charge is 0.0623 e. The maximum Gasteiger partial charge on any atom is 0.182 e. The lowest BCUT2D eigenvalue weighted by molar-refractivity contribution is 1.63. The molecule has 6 aromatic rings. The number of rotatable bonds is 2. The van der Waals surface area contributed by atoms with Crippen LogP contribution in [0.4, 0.5) is 0 Å². The summed E-state index contributed by atoms with van der Waals surface area (Å²) in [6, 6.07) is 54.4. The zero-order chi connectivity index (χ0) is 24.4. The third-order valence-corrected chi connectivity index (χ3v) is 13.2. The molecular weight excluding hydrogens is 460 g/mol. The first-order chi connectivity index (χ1) is 18.4. The molecule has 0 atom stereocenters. The third-order valence-electron chi connectivity index (χ3n) is 8.30. The summed E-state index contributed by atoms with van der Waals surface area (Å²) in [4.78, 5) is 0. The molecule has 0 unspecified atom stereocenters. The minimum atomic E-state index is -2.48. The highest BCUT2D eigenvalue weighted by Crippen LogP contribution is 2.38. The van der Waals surface area contributed by atoms with Crippen molar-refractivity contribution in [1.29, 1.82) is 0 Å². The van der Waals surface area contributed by atoms with Crippen LogP contribution in [0.25, 0.3) is 44.5 Å². The normalized spacial score (nSPS) is 13.6. The van der Waals surface area contributed by atoms with E-state index in [-0.39, 0.29) is 0 Å². The van der Waals surface area contributed by atoms with Crippen molar-refractivity contribution in [3.63, 3.8) is 0 Å². The lowest BCUT2D eigenvalue weighted by Crippen LogP contribution is -2.70. The Morgan fingerprint density at radius 1 is 0.270 bits per heavy atom. The van der Waals surface area contributed by atoms with Crippen molar-refractivity contribution in [1.82, 2.24) is 0 Å². The van der Waals surface area contributed by atoms with Crippen molar-refractivity contribution in [2.24, 2.45) is 0 Å². The van der Waals surface area contributed by atoms with Gasteiger partial charge in [0, 0.05) is 0 Å². The highest BCUT2D eigenvalue weighted by molar-refractivity contribution is 7.24. The molecule has 0 saturated heterocycles. The summed E-state index contributed by atoms with van der Waals surface area (Å²) in [6.45, 7) is 0. The fourth-order valence-electron chi connectivity index (χ4n) is 6.76. The van der Waals surface area contributed by atoms with Crippen LogP contribution in [0.5, 0.6) is 0 Å². The summed E-state index contributed by atoms with van der Waals surface area (Å²) in [5, 5.41) is 6.08. The van der Waals surface area contributed by atoms with Gasteiger partial charge in [-0.1, -0.05) is 146 Å². The third kappa shape index (κ3) is 2.78. The number of fused-ring (bicyclic) bond motifs is 10. The summed E-state index contributed by atoms with van der Waals surface area (Å²) in [5.41, 5.74) is 10.7. The van der Waals surface area contributed by atoms with Gasteiger partial charge in [0.05, 0.1) is 0 Å². The lowest BCUT2D eigenvalue weighted by Gasteiger charge is -2.28. The largest absolute Gasteiger partial charge is 0.182 e. The predicted molar refractivity (Wildman–Crippen MR) is 159 cm³/mol. The molecule has 0 N–H and O–H groups in total. The van der Waals surface area contributed by atoms with Gasteiger partial charge in [0.2, 0.25) is 0 Å². The molecule has 0 bridgehead atoms. The van der Waals surface area contributed by atoms with Gasteiger partial charge in [-0.25, -0.2) is 0 Å². The summed E-state index contributed by atoms with van der Waals surface area (Å²) < 4.78 is 0. The minimum Gasteiger partial charge on any atom is -0.0623 e. The average molecular weight is 485 g/mol. The molecule has 37 heavy (non-hydrogen) atoms. The molecule has 0 aliphatic carbocycles. The highest BCUT2D eigenvalue weighted by Gasteiger charge is 2.54. The molecule has 0 fully saturated rings. The van der Waals surface area contributed by atoms with E-state index in [1.165, 1.54) is 65.3 Å². The van der Waals surface area contributed by atoms with Crippen LogP contribution in [0.15, 0.2) is 146 Å². The molecule has 2 heterocycles. The SMILES string of the molecule is c1ccc(-c2ccc3c(c2)[Si]2(c4ccccc4-3)c3ccccc3-c3ccc(-c4ccccc4)cc32)cc1. The van der Waals surface area contributed by atoms with Crippen LogP contribution >= 0.6 is 0 Å². The second-order valence-electron chi connectivity index (χ2n) is 10.1. The van der Waals surface area contributed by atoms with Gasteiger partial charge in [-0.3, -0.25) is 0 Å². The molecule has 2 aliphatic rings. The fraction of sp³-hybridized carbons (Fsp3) is 0. The quantitative estimate of drug-likeness (QED) is 0.251. The van der Waals surface area contributed by atoms with Gasteiger partial charge < -0.3 is 0 Å². The number of hydrogen-bond acceptors (Lipinski definition) is 0. The van der Waals surface area contributed by atoms with Crippen molar-refractivity contribution in [3.8, 4) is 44.5 Å². The monoisotopic (exact) mass is 484 g/mol. The van der Waals surface area contributed by atoms with Gasteiger partial charge in [-0.2, -0.15) is 0 Å². The molecule has 0 nitrogen and oxygen atoms in total. The summed E-state index contributed by atoms with van der Waals surface area (Å²) in [6.07, 6.45) is 0. The Balaban J connectivity index is 1.50. The highest BCUT2D eigenvalue weighted by atomic mass is 28.3. The zero-order valence-electron chi connectivity index (χ0n) is 20.4. The average Bonchev–Trinajstić information content (AvgIpc) is 3.45. The van der Waals surface area contributed by atoms with E-state index < -0.39 is 8.07 Å². The van der Waals surface area contributed by atoms with Gasteiger partial charge in [-0.15, -0.1) is 0 Å². The Morgan fingerprint density at radius 2 is 0.649 bits per heavy atom. The van der Waals surface area contributed by atoms with E-state index in [0.29, 0.717) is 0 Å². The maximum atomic E-state index is 2.51. The van der Waals surface area contributed by atoms with Crippen molar-refractivity contribution in [2.45, 2.75) is 0 Å². The first-order valence-corrected chi connectivity index (χ1v) is 15.0. The van der Waals surface area contributed by atoms with E-state index in [4.69, 9.17) is 0 Å². The van der Waals surface area contributed by atoms with E-state index in [1.54, 1.807) is 0 Å². The molecule has 0 aromatic heterocycles. The molecule has 6 aromatic carbocycles.